The molecule has 0 aliphatic rings. The first kappa shape index (κ1) is 17.6. The number of fused-ring (bicyclic) bond motifs is 1. The molecule has 2 aromatic carbocycles. The van der Waals surface area contributed by atoms with Crippen LogP contribution in [0, 0.1) is 10.1 Å². The van der Waals surface area contributed by atoms with Gasteiger partial charge in [-0.1, -0.05) is 30.3 Å². The Morgan fingerprint density at radius 1 is 1.14 bits per heavy atom. The maximum atomic E-state index is 12.6. The fourth-order valence-corrected chi connectivity index (χ4v) is 3.35. The Morgan fingerprint density at radius 3 is 2.75 bits per heavy atom. The van der Waals surface area contributed by atoms with Crippen LogP contribution in [0.5, 0.6) is 0 Å². The lowest BCUT2D eigenvalue weighted by atomic mass is 10.1. The molecule has 2 aromatic heterocycles. The van der Waals surface area contributed by atoms with Crippen LogP contribution in [0.25, 0.3) is 22.8 Å². The van der Waals surface area contributed by atoms with Gasteiger partial charge in [-0.3, -0.25) is 14.9 Å². The number of aromatic nitrogens is 2. The molecule has 0 spiro atoms. The van der Waals surface area contributed by atoms with Gasteiger partial charge in [-0.05, 0) is 35.2 Å². The second-order valence-electron chi connectivity index (χ2n) is 5.94. The zero-order chi connectivity index (χ0) is 19.5. The number of nitrogens with one attached hydrogen (secondary N) is 2. The van der Waals surface area contributed by atoms with Crippen molar-refractivity contribution < 1.29 is 9.72 Å². The lowest BCUT2D eigenvalue weighted by Gasteiger charge is -2.07. The minimum absolute atomic E-state index is 0.0257. The highest BCUT2D eigenvalue weighted by atomic mass is 32.1. The summed E-state index contributed by atoms with van der Waals surface area (Å²) in [5.74, 6) is 0.199. The van der Waals surface area contributed by atoms with E-state index in [4.69, 9.17) is 0 Å². The molecular formula is C20H14N4O3S. The number of benzene rings is 2. The number of para-hydroxylation sites is 2. The van der Waals surface area contributed by atoms with Crippen LogP contribution < -0.4 is 5.32 Å². The van der Waals surface area contributed by atoms with Gasteiger partial charge in [-0.25, -0.2) is 4.98 Å². The lowest BCUT2D eigenvalue weighted by Crippen LogP contribution is -2.21. The van der Waals surface area contributed by atoms with Crippen molar-refractivity contribution in [2.24, 2.45) is 0 Å². The summed E-state index contributed by atoms with van der Waals surface area (Å²) < 4.78 is 0. The van der Waals surface area contributed by atoms with Gasteiger partial charge < -0.3 is 10.3 Å². The number of carbonyl (C=O) groups excluding carboxylic acids is 1. The summed E-state index contributed by atoms with van der Waals surface area (Å²) in [6.45, 7) is 0. The summed E-state index contributed by atoms with van der Waals surface area (Å²) >= 11 is 1.33. The van der Waals surface area contributed by atoms with Gasteiger partial charge in [0, 0.05) is 12.1 Å². The van der Waals surface area contributed by atoms with Crippen LogP contribution >= 0.6 is 11.3 Å². The van der Waals surface area contributed by atoms with Crippen molar-refractivity contribution in [2.75, 3.05) is 0 Å². The monoisotopic (exact) mass is 390 g/mol. The zero-order valence-corrected chi connectivity index (χ0v) is 15.3. The number of nitro groups is 1. The summed E-state index contributed by atoms with van der Waals surface area (Å²) in [6.07, 6.45) is 1.66. The zero-order valence-electron chi connectivity index (χ0n) is 14.5. The Labute approximate surface area is 163 Å². The molecule has 4 rings (SSSR count). The molecule has 0 atom stereocenters. The average molecular weight is 390 g/mol. The van der Waals surface area contributed by atoms with Crippen molar-refractivity contribution >= 4 is 45.7 Å². The number of hydrogen-bond acceptors (Lipinski definition) is 5. The van der Waals surface area contributed by atoms with Gasteiger partial charge in [0.1, 0.15) is 0 Å². The Bertz CT molecular complexity index is 1160. The van der Waals surface area contributed by atoms with E-state index < -0.39 is 4.92 Å². The number of carbonyl (C=O) groups is 1. The maximum absolute atomic E-state index is 12.6. The van der Waals surface area contributed by atoms with Crippen LogP contribution in [-0.2, 0) is 0 Å². The highest BCUT2D eigenvalue weighted by Gasteiger charge is 2.14. The molecule has 0 radical (unpaired) electrons. The molecule has 0 aliphatic carbocycles. The van der Waals surface area contributed by atoms with Crippen molar-refractivity contribution in [1.82, 2.24) is 15.3 Å². The molecule has 0 aliphatic heterocycles. The SMILES string of the molecule is O=C(N/C(=C/c1cccc([N+](=O)[O-])c1)c1nc2ccccc2[nH]1)c1cccs1. The van der Waals surface area contributed by atoms with E-state index in [1.165, 1.54) is 23.5 Å². The van der Waals surface area contributed by atoms with Crippen molar-refractivity contribution in [3.05, 3.63) is 92.4 Å². The smallest absolute Gasteiger partial charge is 0.270 e. The summed E-state index contributed by atoms with van der Waals surface area (Å²) in [7, 11) is 0. The van der Waals surface area contributed by atoms with Gasteiger partial charge in [-0.15, -0.1) is 11.3 Å². The van der Waals surface area contributed by atoms with Gasteiger partial charge in [0.2, 0.25) is 0 Å². The van der Waals surface area contributed by atoms with Gasteiger partial charge >= 0.3 is 0 Å². The Morgan fingerprint density at radius 2 is 2.00 bits per heavy atom. The highest BCUT2D eigenvalue weighted by molar-refractivity contribution is 7.12. The number of imidazole rings is 1. The Kier molecular flexibility index (Phi) is 4.69. The van der Waals surface area contributed by atoms with E-state index in [-0.39, 0.29) is 11.6 Å². The summed E-state index contributed by atoms with van der Waals surface area (Å²) in [6, 6.07) is 17.2. The number of non-ortho nitro benzene ring substituents is 1. The molecule has 7 nitrogen and oxygen atoms in total. The number of nitro benzene ring substituents is 1. The average Bonchev–Trinajstić information content (AvgIpc) is 3.37. The van der Waals surface area contributed by atoms with E-state index in [0.29, 0.717) is 22.0 Å². The van der Waals surface area contributed by atoms with Crippen LogP contribution in [0.1, 0.15) is 21.1 Å². The molecule has 0 saturated heterocycles. The number of aromatic amines is 1. The quantitative estimate of drug-likeness (QED) is 0.388. The van der Waals surface area contributed by atoms with E-state index in [1.807, 2.05) is 29.6 Å². The minimum atomic E-state index is -0.456. The first-order valence-corrected chi connectivity index (χ1v) is 9.24. The largest absolute Gasteiger partial charge is 0.337 e. The number of rotatable bonds is 5. The fourth-order valence-electron chi connectivity index (χ4n) is 2.73. The summed E-state index contributed by atoms with van der Waals surface area (Å²) in [5, 5.41) is 15.7. The van der Waals surface area contributed by atoms with E-state index in [1.54, 1.807) is 30.3 Å². The number of hydrogen-bond donors (Lipinski definition) is 2. The molecule has 0 bridgehead atoms. The molecule has 0 fully saturated rings. The molecular weight excluding hydrogens is 376 g/mol. The number of nitrogens with zero attached hydrogens (tertiary/aromatic N) is 2. The first-order valence-electron chi connectivity index (χ1n) is 8.36. The Balaban J connectivity index is 1.77. The molecule has 138 valence electrons. The van der Waals surface area contributed by atoms with Crippen LogP contribution in [0.15, 0.2) is 66.0 Å². The highest BCUT2D eigenvalue weighted by Crippen LogP contribution is 2.21. The van der Waals surface area contributed by atoms with Crippen LogP contribution in [0.3, 0.4) is 0 Å². The van der Waals surface area contributed by atoms with Crippen LogP contribution in [0.4, 0.5) is 5.69 Å². The molecule has 28 heavy (non-hydrogen) atoms. The Hall–Kier alpha value is -3.78. The van der Waals surface area contributed by atoms with E-state index >= 15 is 0 Å². The molecule has 1 amide bonds. The van der Waals surface area contributed by atoms with Gasteiger partial charge in [0.25, 0.3) is 11.6 Å². The summed E-state index contributed by atoms with van der Waals surface area (Å²) in [5.41, 5.74) is 2.56. The molecule has 2 heterocycles. The number of thiophene rings is 1. The summed E-state index contributed by atoms with van der Waals surface area (Å²) in [4.78, 5) is 31.4. The predicted molar refractivity (Wildman–Crippen MR) is 109 cm³/mol. The van der Waals surface area contributed by atoms with E-state index in [2.05, 4.69) is 15.3 Å². The van der Waals surface area contributed by atoms with Crippen molar-refractivity contribution in [2.45, 2.75) is 0 Å². The predicted octanol–water partition coefficient (Wildman–Crippen LogP) is 4.46. The minimum Gasteiger partial charge on any atom is -0.337 e. The molecule has 4 aromatic rings. The normalized spacial score (nSPS) is 11.5. The van der Waals surface area contributed by atoms with Gasteiger partial charge in [-0.2, -0.15) is 0 Å². The lowest BCUT2D eigenvalue weighted by molar-refractivity contribution is -0.384. The maximum Gasteiger partial charge on any atom is 0.270 e. The second-order valence-corrected chi connectivity index (χ2v) is 6.89. The van der Waals surface area contributed by atoms with E-state index in [9.17, 15) is 14.9 Å². The molecule has 8 heteroatoms. The van der Waals surface area contributed by atoms with Crippen molar-refractivity contribution in [3.63, 3.8) is 0 Å². The topological polar surface area (TPSA) is 101 Å². The number of H-pyrrole nitrogens is 1. The fraction of sp³-hybridized carbons (Fsp3) is 0. The number of amides is 1. The van der Waals surface area contributed by atoms with Crippen LogP contribution in [-0.4, -0.2) is 20.8 Å². The van der Waals surface area contributed by atoms with Crippen molar-refractivity contribution in [3.8, 4) is 0 Å². The van der Waals surface area contributed by atoms with E-state index in [0.717, 1.165) is 11.0 Å². The third-order valence-corrected chi connectivity index (χ3v) is 4.90. The van der Waals surface area contributed by atoms with Crippen LogP contribution in [0.2, 0.25) is 0 Å². The first-order chi connectivity index (χ1) is 13.6. The molecule has 0 unspecified atom stereocenters. The molecule has 2 N–H and O–H groups in total. The standard InChI is InChI=1S/C20H14N4O3S/c25-20(18-9-4-10-28-18)23-17(12-13-5-3-6-14(11-13)24(26)27)19-21-15-7-1-2-8-16(15)22-19/h1-12H,(H,21,22)(H,23,25)/b17-12+. The third kappa shape index (κ3) is 3.67. The third-order valence-electron chi connectivity index (χ3n) is 4.03. The second kappa shape index (κ2) is 7.45. The van der Waals surface area contributed by atoms with Gasteiger partial charge in [0.05, 0.1) is 26.5 Å². The van der Waals surface area contributed by atoms with Crippen molar-refractivity contribution in [1.29, 1.82) is 0 Å². The molecule has 0 saturated carbocycles. The van der Waals surface area contributed by atoms with Gasteiger partial charge in [0.15, 0.2) is 5.82 Å².